The summed E-state index contributed by atoms with van der Waals surface area (Å²) in [4.78, 5) is 4.06. The number of anilines is 2. The minimum absolute atomic E-state index is 0.231. The minimum atomic E-state index is -0.920. The fourth-order valence-electron chi connectivity index (χ4n) is 1.95. The van der Waals surface area contributed by atoms with Gasteiger partial charge in [-0.3, -0.25) is 0 Å². The van der Waals surface area contributed by atoms with Crippen molar-refractivity contribution in [2.24, 2.45) is 0 Å². The number of nitrogens with one attached hydrogen (secondary N) is 1. The molecule has 2 heterocycles. The first kappa shape index (κ1) is 12.6. The fourth-order valence-corrected chi connectivity index (χ4v) is 1.95. The quantitative estimate of drug-likeness (QED) is 0.719. The summed E-state index contributed by atoms with van der Waals surface area (Å²) in [5.74, 6) is 0.418. The van der Waals surface area contributed by atoms with Crippen molar-refractivity contribution in [3.05, 3.63) is 17.8 Å². The standard InChI is InChI=1S/C12H16N4O2/c1-8-12(17,3-5-18-8)7-16-11-10(14)9(6-13)2-4-15-11/h2,4,8,17H,3,5,7,14H2,1H3,(H,15,16). The van der Waals surface area contributed by atoms with Crippen LogP contribution in [0.25, 0.3) is 0 Å². The average molecular weight is 248 g/mol. The predicted octanol–water partition coefficient (Wildman–Crippen LogP) is 0.487. The third-order valence-electron chi connectivity index (χ3n) is 3.33. The summed E-state index contributed by atoms with van der Waals surface area (Å²) in [6.07, 6.45) is 1.85. The van der Waals surface area contributed by atoms with Crippen LogP contribution in [0, 0.1) is 11.3 Å². The Labute approximate surface area is 105 Å². The molecule has 0 radical (unpaired) electrons. The van der Waals surface area contributed by atoms with E-state index >= 15 is 0 Å². The summed E-state index contributed by atoms with van der Waals surface area (Å²) in [5, 5.41) is 22.2. The van der Waals surface area contributed by atoms with Crippen LogP contribution in [0.15, 0.2) is 12.3 Å². The smallest absolute Gasteiger partial charge is 0.150 e. The van der Waals surface area contributed by atoms with Gasteiger partial charge >= 0.3 is 0 Å². The van der Waals surface area contributed by atoms with Crippen LogP contribution in [-0.4, -0.2) is 34.9 Å². The van der Waals surface area contributed by atoms with Crippen molar-refractivity contribution >= 4 is 11.5 Å². The van der Waals surface area contributed by atoms with E-state index in [9.17, 15) is 5.11 Å². The second-order valence-corrected chi connectivity index (χ2v) is 4.45. The van der Waals surface area contributed by atoms with Gasteiger partial charge in [-0.1, -0.05) is 0 Å². The van der Waals surface area contributed by atoms with Crippen LogP contribution in [0.5, 0.6) is 0 Å². The van der Waals surface area contributed by atoms with Gasteiger partial charge in [0.25, 0.3) is 0 Å². The zero-order valence-electron chi connectivity index (χ0n) is 10.2. The Morgan fingerprint density at radius 3 is 3.17 bits per heavy atom. The van der Waals surface area contributed by atoms with E-state index in [1.54, 1.807) is 6.07 Å². The van der Waals surface area contributed by atoms with E-state index in [2.05, 4.69) is 10.3 Å². The Balaban J connectivity index is 2.09. The molecule has 2 atom stereocenters. The molecule has 0 aliphatic carbocycles. The summed E-state index contributed by atoms with van der Waals surface area (Å²) in [6.45, 7) is 2.66. The van der Waals surface area contributed by atoms with E-state index in [1.165, 1.54) is 6.20 Å². The van der Waals surface area contributed by atoms with Crippen LogP contribution in [-0.2, 0) is 4.74 Å². The maximum Gasteiger partial charge on any atom is 0.150 e. The molecule has 0 spiro atoms. The van der Waals surface area contributed by atoms with Crippen LogP contribution < -0.4 is 11.1 Å². The highest BCUT2D eigenvalue weighted by molar-refractivity contribution is 5.68. The van der Waals surface area contributed by atoms with E-state index in [0.29, 0.717) is 36.6 Å². The lowest BCUT2D eigenvalue weighted by Crippen LogP contribution is -2.43. The Bertz CT molecular complexity index is 485. The summed E-state index contributed by atoms with van der Waals surface area (Å²) in [6, 6.07) is 3.54. The van der Waals surface area contributed by atoms with Crippen LogP contribution in [0.1, 0.15) is 18.9 Å². The van der Waals surface area contributed by atoms with Crippen LogP contribution in [0.3, 0.4) is 0 Å². The molecule has 6 nitrogen and oxygen atoms in total. The van der Waals surface area contributed by atoms with Gasteiger partial charge in [0, 0.05) is 25.8 Å². The number of nitriles is 1. The molecule has 2 rings (SSSR count). The van der Waals surface area contributed by atoms with E-state index in [1.807, 2.05) is 13.0 Å². The molecule has 2 unspecified atom stereocenters. The second-order valence-electron chi connectivity index (χ2n) is 4.45. The van der Waals surface area contributed by atoms with Crippen molar-refractivity contribution in [1.82, 2.24) is 4.98 Å². The summed E-state index contributed by atoms with van der Waals surface area (Å²) >= 11 is 0. The molecule has 18 heavy (non-hydrogen) atoms. The van der Waals surface area contributed by atoms with Crippen molar-refractivity contribution < 1.29 is 9.84 Å². The number of ether oxygens (including phenoxy) is 1. The van der Waals surface area contributed by atoms with Crippen molar-refractivity contribution in [2.45, 2.75) is 25.0 Å². The lowest BCUT2D eigenvalue weighted by atomic mass is 9.97. The molecular formula is C12H16N4O2. The van der Waals surface area contributed by atoms with Gasteiger partial charge < -0.3 is 20.9 Å². The first-order chi connectivity index (χ1) is 8.57. The van der Waals surface area contributed by atoms with Crippen LogP contribution in [0.4, 0.5) is 11.5 Å². The molecule has 4 N–H and O–H groups in total. The molecule has 1 aliphatic rings. The number of pyridine rings is 1. The highest BCUT2D eigenvalue weighted by Crippen LogP contribution is 2.27. The van der Waals surface area contributed by atoms with Gasteiger partial charge in [0.05, 0.1) is 17.4 Å². The first-order valence-electron chi connectivity index (χ1n) is 5.79. The molecule has 0 amide bonds. The average Bonchev–Trinajstić information content (AvgIpc) is 2.69. The highest BCUT2D eigenvalue weighted by atomic mass is 16.5. The number of aliphatic hydroxyl groups is 1. The number of hydrogen-bond acceptors (Lipinski definition) is 6. The molecule has 0 bridgehead atoms. The van der Waals surface area contributed by atoms with E-state index < -0.39 is 5.60 Å². The Kier molecular flexibility index (Phi) is 3.36. The number of aromatic nitrogens is 1. The number of hydrogen-bond donors (Lipinski definition) is 3. The van der Waals surface area contributed by atoms with Crippen molar-refractivity contribution in [1.29, 1.82) is 5.26 Å². The third-order valence-corrected chi connectivity index (χ3v) is 3.33. The molecule has 1 aromatic heterocycles. The first-order valence-corrected chi connectivity index (χ1v) is 5.79. The molecule has 6 heteroatoms. The van der Waals surface area contributed by atoms with Gasteiger partial charge in [-0.2, -0.15) is 5.26 Å². The number of rotatable bonds is 3. The van der Waals surface area contributed by atoms with Gasteiger partial charge in [0.1, 0.15) is 11.7 Å². The number of nitrogens with zero attached hydrogens (tertiary/aromatic N) is 2. The maximum atomic E-state index is 10.3. The lowest BCUT2D eigenvalue weighted by Gasteiger charge is -2.26. The van der Waals surface area contributed by atoms with Crippen molar-refractivity contribution in [3.8, 4) is 6.07 Å². The highest BCUT2D eigenvalue weighted by Gasteiger charge is 2.39. The van der Waals surface area contributed by atoms with Gasteiger partial charge in [-0.25, -0.2) is 4.98 Å². The Morgan fingerprint density at radius 2 is 2.56 bits per heavy atom. The van der Waals surface area contributed by atoms with E-state index in [-0.39, 0.29) is 6.10 Å². The Morgan fingerprint density at radius 1 is 1.78 bits per heavy atom. The largest absolute Gasteiger partial charge is 0.395 e. The zero-order valence-corrected chi connectivity index (χ0v) is 10.2. The third kappa shape index (κ3) is 2.23. The fraction of sp³-hybridized carbons (Fsp3) is 0.500. The van der Waals surface area contributed by atoms with Gasteiger partial charge in [0.2, 0.25) is 0 Å². The lowest BCUT2D eigenvalue weighted by molar-refractivity contribution is -0.0176. The minimum Gasteiger partial charge on any atom is -0.395 e. The molecule has 0 saturated carbocycles. The predicted molar refractivity (Wildman–Crippen MR) is 66.8 cm³/mol. The van der Waals surface area contributed by atoms with Crippen LogP contribution in [0.2, 0.25) is 0 Å². The number of nitrogens with two attached hydrogens (primary N) is 1. The van der Waals surface area contributed by atoms with Crippen molar-refractivity contribution in [2.75, 3.05) is 24.2 Å². The zero-order chi connectivity index (χ0) is 13.2. The van der Waals surface area contributed by atoms with Gasteiger partial charge in [0.15, 0.2) is 5.82 Å². The second kappa shape index (κ2) is 4.80. The molecule has 1 aliphatic heterocycles. The summed E-state index contributed by atoms with van der Waals surface area (Å²) < 4.78 is 5.34. The molecule has 1 fully saturated rings. The maximum absolute atomic E-state index is 10.3. The van der Waals surface area contributed by atoms with E-state index in [0.717, 1.165) is 0 Å². The van der Waals surface area contributed by atoms with Crippen molar-refractivity contribution in [3.63, 3.8) is 0 Å². The number of nitrogen functional groups attached to an aromatic ring is 1. The molecule has 96 valence electrons. The van der Waals surface area contributed by atoms with Gasteiger partial charge in [-0.05, 0) is 13.0 Å². The topological polar surface area (TPSA) is 104 Å². The molecular weight excluding hydrogens is 232 g/mol. The molecule has 1 saturated heterocycles. The van der Waals surface area contributed by atoms with E-state index in [4.69, 9.17) is 15.7 Å². The van der Waals surface area contributed by atoms with Gasteiger partial charge in [-0.15, -0.1) is 0 Å². The molecule has 1 aromatic rings. The van der Waals surface area contributed by atoms with Crippen LogP contribution >= 0.6 is 0 Å². The molecule has 0 aromatic carbocycles. The monoisotopic (exact) mass is 248 g/mol. The summed E-state index contributed by atoms with van der Waals surface area (Å²) in [7, 11) is 0. The SMILES string of the molecule is CC1OCCC1(O)CNc1nccc(C#N)c1N. The normalized spacial score (nSPS) is 26.8. The Hall–Kier alpha value is -1.84. The summed E-state index contributed by atoms with van der Waals surface area (Å²) in [5.41, 5.74) is 5.55.